The molecule has 6 nitrogen and oxygen atoms in total. The highest BCUT2D eigenvalue weighted by atomic mass is 32.2. The van der Waals surface area contributed by atoms with Crippen LogP contribution >= 0.6 is 11.8 Å². The molecular weight excluding hydrogens is 338 g/mol. The molecule has 3 N–H and O–H groups in total. The SMILES string of the molecule is Cc1c[nH]cc(C(=O)NCCC2CC(NC(=O)CSC3CC3)C2)c1=O. The number of aryl methyl sites for hydroxylation is 1. The Kier molecular flexibility index (Phi) is 5.83. The van der Waals surface area contributed by atoms with E-state index in [9.17, 15) is 14.4 Å². The van der Waals surface area contributed by atoms with Gasteiger partial charge in [-0.1, -0.05) is 0 Å². The minimum Gasteiger partial charge on any atom is -0.366 e. The van der Waals surface area contributed by atoms with E-state index in [4.69, 9.17) is 0 Å². The molecule has 25 heavy (non-hydrogen) atoms. The number of nitrogens with one attached hydrogen (secondary N) is 3. The quantitative estimate of drug-likeness (QED) is 0.654. The zero-order valence-electron chi connectivity index (χ0n) is 14.5. The Balaban J connectivity index is 1.30. The van der Waals surface area contributed by atoms with E-state index in [1.165, 1.54) is 19.0 Å². The summed E-state index contributed by atoms with van der Waals surface area (Å²) in [6.45, 7) is 2.23. The molecule has 0 aromatic carbocycles. The standard InChI is InChI=1S/C18H25N3O3S/c1-11-8-19-9-15(17(11)23)18(24)20-5-4-12-6-13(7-12)21-16(22)10-25-14-2-3-14/h8-9,12-14H,2-7,10H2,1H3,(H,19,23)(H,20,24)(H,21,22). The molecule has 2 saturated carbocycles. The smallest absolute Gasteiger partial charge is 0.256 e. The van der Waals surface area contributed by atoms with Gasteiger partial charge >= 0.3 is 0 Å². The number of pyridine rings is 1. The molecule has 0 saturated heterocycles. The Morgan fingerprint density at radius 1 is 1.28 bits per heavy atom. The van der Waals surface area contributed by atoms with E-state index < -0.39 is 0 Å². The van der Waals surface area contributed by atoms with Gasteiger partial charge in [-0.05, 0) is 44.9 Å². The van der Waals surface area contributed by atoms with Gasteiger partial charge in [0.2, 0.25) is 5.91 Å². The summed E-state index contributed by atoms with van der Waals surface area (Å²) >= 11 is 1.76. The molecule has 0 atom stereocenters. The summed E-state index contributed by atoms with van der Waals surface area (Å²) < 4.78 is 0. The maximum atomic E-state index is 12.1. The number of thioether (sulfide) groups is 1. The summed E-state index contributed by atoms with van der Waals surface area (Å²) in [5.74, 6) is 0.920. The van der Waals surface area contributed by atoms with Crippen LogP contribution in [0.25, 0.3) is 0 Å². The van der Waals surface area contributed by atoms with Crippen molar-refractivity contribution >= 4 is 23.6 Å². The Hall–Kier alpha value is -1.76. The van der Waals surface area contributed by atoms with Crippen LogP contribution < -0.4 is 16.1 Å². The molecule has 1 aromatic heterocycles. The monoisotopic (exact) mass is 363 g/mol. The van der Waals surface area contributed by atoms with Crippen molar-refractivity contribution in [1.82, 2.24) is 15.6 Å². The summed E-state index contributed by atoms with van der Waals surface area (Å²) in [5, 5.41) is 6.60. The van der Waals surface area contributed by atoms with E-state index in [0.717, 1.165) is 19.3 Å². The second kappa shape index (κ2) is 8.08. The van der Waals surface area contributed by atoms with Crippen LogP contribution in [0.4, 0.5) is 0 Å². The fourth-order valence-electron chi connectivity index (χ4n) is 3.03. The van der Waals surface area contributed by atoms with E-state index in [2.05, 4.69) is 15.6 Å². The third kappa shape index (κ3) is 5.11. The van der Waals surface area contributed by atoms with Crippen molar-refractivity contribution in [1.29, 1.82) is 0 Å². The first-order valence-corrected chi connectivity index (χ1v) is 9.94. The van der Waals surface area contributed by atoms with Crippen LogP contribution in [0.2, 0.25) is 0 Å². The highest BCUT2D eigenvalue weighted by molar-refractivity contribution is 8.00. The molecule has 136 valence electrons. The minimum absolute atomic E-state index is 0.146. The summed E-state index contributed by atoms with van der Waals surface area (Å²) in [7, 11) is 0. The molecule has 2 fully saturated rings. The van der Waals surface area contributed by atoms with E-state index in [0.29, 0.717) is 29.0 Å². The van der Waals surface area contributed by atoms with E-state index in [1.807, 2.05) is 0 Å². The molecule has 7 heteroatoms. The first kappa shape index (κ1) is 18.0. The van der Waals surface area contributed by atoms with Gasteiger partial charge in [0.05, 0.1) is 5.75 Å². The van der Waals surface area contributed by atoms with Crippen LogP contribution in [-0.2, 0) is 4.79 Å². The Morgan fingerprint density at radius 2 is 2.04 bits per heavy atom. The number of hydrogen-bond donors (Lipinski definition) is 3. The normalized spacial score (nSPS) is 22.1. The van der Waals surface area contributed by atoms with Crippen molar-refractivity contribution < 1.29 is 9.59 Å². The molecule has 0 bridgehead atoms. The number of rotatable bonds is 8. The predicted molar refractivity (Wildman–Crippen MR) is 98.9 cm³/mol. The van der Waals surface area contributed by atoms with Crippen molar-refractivity contribution in [2.45, 2.75) is 50.3 Å². The largest absolute Gasteiger partial charge is 0.366 e. The van der Waals surface area contributed by atoms with Crippen LogP contribution in [0.15, 0.2) is 17.2 Å². The molecular formula is C18H25N3O3S. The maximum Gasteiger partial charge on any atom is 0.256 e. The first-order valence-electron chi connectivity index (χ1n) is 8.89. The van der Waals surface area contributed by atoms with Crippen molar-refractivity contribution in [3.63, 3.8) is 0 Å². The average Bonchev–Trinajstić information content (AvgIpc) is 3.37. The van der Waals surface area contributed by atoms with Gasteiger partial charge in [-0.3, -0.25) is 14.4 Å². The van der Waals surface area contributed by atoms with Crippen molar-refractivity contribution in [3.8, 4) is 0 Å². The number of carbonyl (C=O) groups is 2. The number of hydrogen-bond acceptors (Lipinski definition) is 4. The highest BCUT2D eigenvalue weighted by Crippen LogP contribution is 2.34. The molecule has 1 aromatic rings. The maximum absolute atomic E-state index is 12.1. The minimum atomic E-state index is -0.328. The highest BCUT2D eigenvalue weighted by Gasteiger charge is 2.30. The van der Waals surface area contributed by atoms with Gasteiger partial charge in [0.25, 0.3) is 5.91 Å². The second-order valence-electron chi connectivity index (χ2n) is 7.04. The van der Waals surface area contributed by atoms with E-state index >= 15 is 0 Å². The number of carbonyl (C=O) groups excluding carboxylic acids is 2. The van der Waals surface area contributed by atoms with Crippen molar-refractivity contribution in [2.24, 2.45) is 5.92 Å². The van der Waals surface area contributed by atoms with Gasteiger partial charge in [-0.25, -0.2) is 0 Å². The van der Waals surface area contributed by atoms with Crippen LogP contribution in [-0.4, -0.2) is 40.4 Å². The van der Waals surface area contributed by atoms with Gasteiger partial charge in [0.1, 0.15) is 5.56 Å². The van der Waals surface area contributed by atoms with Gasteiger partial charge in [-0.15, -0.1) is 11.8 Å². The van der Waals surface area contributed by atoms with Crippen LogP contribution in [0.1, 0.15) is 48.0 Å². The lowest BCUT2D eigenvalue weighted by Crippen LogP contribution is -2.45. The fourth-order valence-corrected chi connectivity index (χ4v) is 3.97. The van der Waals surface area contributed by atoms with Crippen molar-refractivity contribution in [2.75, 3.05) is 12.3 Å². The zero-order valence-corrected chi connectivity index (χ0v) is 15.3. The number of aromatic amines is 1. The lowest BCUT2D eigenvalue weighted by atomic mass is 9.78. The third-order valence-corrected chi connectivity index (χ3v) is 6.16. The van der Waals surface area contributed by atoms with Crippen LogP contribution in [0.3, 0.4) is 0 Å². The van der Waals surface area contributed by atoms with Gasteiger partial charge in [0, 0.05) is 35.8 Å². The van der Waals surface area contributed by atoms with Crippen molar-refractivity contribution in [3.05, 3.63) is 33.7 Å². The molecule has 0 radical (unpaired) electrons. The Morgan fingerprint density at radius 3 is 2.76 bits per heavy atom. The number of aromatic nitrogens is 1. The number of amides is 2. The Bertz CT molecular complexity index is 693. The fraction of sp³-hybridized carbons (Fsp3) is 0.611. The van der Waals surface area contributed by atoms with Gasteiger partial charge < -0.3 is 15.6 Å². The molecule has 0 unspecified atom stereocenters. The van der Waals surface area contributed by atoms with E-state index in [1.54, 1.807) is 24.9 Å². The third-order valence-electron chi connectivity index (χ3n) is 4.79. The van der Waals surface area contributed by atoms with Gasteiger partial charge in [0.15, 0.2) is 5.43 Å². The van der Waals surface area contributed by atoms with Gasteiger partial charge in [-0.2, -0.15) is 0 Å². The average molecular weight is 363 g/mol. The summed E-state index contributed by atoms with van der Waals surface area (Å²) in [6, 6.07) is 0.285. The van der Waals surface area contributed by atoms with Crippen LogP contribution in [0.5, 0.6) is 0 Å². The molecule has 0 spiro atoms. The topological polar surface area (TPSA) is 91.1 Å². The van der Waals surface area contributed by atoms with Crippen LogP contribution in [0, 0.1) is 12.8 Å². The predicted octanol–water partition coefficient (Wildman–Crippen LogP) is 1.59. The molecule has 2 amide bonds. The zero-order chi connectivity index (χ0) is 17.8. The summed E-state index contributed by atoms with van der Waals surface area (Å²) in [4.78, 5) is 38.6. The molecule has 0 aliphatic heterocycles. The first-order chi connectivity index (χ1) is 12.0. The molecule has 2 aliphatic rings. The second-order valence-corrected chi connectivity index (χ2v) is 8.33. The molecule has 1 heterocycles. The lowest BCUT2D eigenvalue weighted by Gasteiger charge is -2.36. The molecule has 2 aliphatic carbocycles. The summed E-state index contributed by atoms with van der Waals surface area (Å²) in [5.41, 5.74) is 0.462. The number of H-pyrrole nitrogens is 1. The lowest BCUT2D eigenvalue weighted by molar-refractivity contribution is -0.120. The molecule has 3 rings (SSSR count). The summed E-state index contributed by atoms with van der Waals surface area (Å²) in [6.07, 6.45) is 8.36. The van der Waals surface area contributed by atoms with E-state index in [-0.39, 0.29) is 28.8 Å². The Labute approximate surface area is 151 Å².